The number of ketones is 1. The minimum atomic E-state index is -4.23. The Bertz CT molecular complexity index is 2120. The Labute approximate surface area is 303 Å². The van der Waals surface area contributed by atoms with Crippen molar-refractivity contribution in [3.05, 3.63) is 165 Å². The average Bonchev–Trinajstić information content (AvgIpc) is 3.16. The molecule has 11 nitrogen and oxygen atoms in total. The summed E-state index contributed by atoms with van der Waals surface area (Å²) in [4.78, 5) is 36.7. The predicted octanol–water partition coefficient (Wildman–Crippen LogP) is 6.99. The third kappa shape index (κ3) is 9.47. The number of carbonyl (C=O) groups excluding carboxylic acids is 2. The van der Waals surface area contributed by atoms with E-state index < -0.39 is 32.6 Å². The van der Waals surface area contributed by atoms with Gasteiger partial charge in [0, 0.05) is 42.4 Å². The van der Waals surface area contributed by atoms with Gasteiger partial charge >= 0.3 is 5.97 Å². The molecule has 1 unspecified atom stereocenters. The smallest absolute Gasteiger partial charge is 0.328 e. The number of carbonyl (C=O) groups is 2. The molecular weight excluding hydrogens is 683 g/mol. The highest BCUT2D eigenvalue weighted by Gasteiger charge is 2.31. The van der Waals surface area contributed by atoms with Crippen molar-refractivity contribution in [3.63, 3.8) is 0 Å². The quantitative estimate of drug-likeness (QED) is 0.0353. The fourth-order valence-electron chi connectivity index (χ4n) is 5.73. The second-order valence-corrected chi connectivity index (χ2v) is 14.0. The Morgan fingerprint density at radius 3 is 2.25 bits per heavy atom. The Hall–Kier alpha value is -5.85. The number of para-hydroxylation sites is 2. The van der Waals surface area contributed by atoms with Gasteiger partial charge in [0.15, 0.2) is 10.7 Å². The van der Waals surface area contributed by atoms with E-state index in [1.165, 1.54) is 35.7 Å². The first-order chi connectivity index (χ1) is 25.1. The van der Waals surface area contributed by atoms with E-state index in [-0.39, 0.29) is 36.8 Å². The van der Waals surface area contributed by atoms with Crippen LogP contribution >= 0.6 is 0 Å². The van der Waals surface area contributed by atoms with Crippen LogP contribution in [0, 0.1) is 17.0 Å². The SMILES string of the molecule is COC(=O)C(Cc1ccc(OCCCN(Cc2cccc(C)c2)S(=O)(=O)c2ccccc2[N+](=O)[O-])cc1)Nc1ccccc1C(=O)c1ccccc1. The molecule has 12 heteroatoms. The molecule has 0 saturated heterocycles. The zero-order chi connectivity index (χ0) is 37.1. The summed E-state index contributed by atoms with van der Waals surface area (Å²) >= 11 is 0. The van der Waals surface area contributed by atoms with Crippen LogP contribution in [0.4, 0.5) is 11.4 Å². The molecule has 0 saturated carbocycles. The minimum absolute atomic E-state index is 0.0328. The molecule has 52 heavy (non-hydrogen) atoms. The molecule has 1 N–H and O–H groups in total. The molecule has 5 aromatic rings. The van der Waals surface area contributed by atoms with E-state index >= 15 is 0 Å². The number of benzene rings is 5. The summed E-state index contributed by atoms with van der Waals surface area (Å²) in [5.41, 5.74) is 3.51. The second kappa shape index (κ2) is 17.4. The summed E-state index contributed by atoms with van der Waals surface area (Å²) in [5, 5.41) is 14.9. The number of methoxy groups -OCH3 is 1. The summed E-state index contributed by atoms with van der Waals surface area (Å²) in [5.74, 6) is -0.128. The van der Waals surface area contributed by atoms with Crippen molar-refractivity contribution in [1.29, 1.82) is 0 Å². The number of hydrogen-bond donors (Lipinski definition) is 1. The van der Waals surface area contributed by atoms with E-state index in [9.17, 15) is 28.1 Å². The number of ether oxygens (including phenoxy) is 2. The lowest BCUT2D eigenvalue weighted by Gasteiger charge is -2.22. The number of nitro benzene ring substituents is 1. The van der Waals surface area contributed by atoms with Crippen molar-refractivity contribution < 1.29 is 32.4 Å². The van der Waals surface area contributed by atoms with Crippen LogP contribution in [0.3, 0.4) is 0 Å². The number of esters is 1. The first kappa shape index (κ1) is 37.4. The zero-order valence-electron chi connectivity index (χ0n) is 28.8. The van der Waals surface area contributed by atoms with Crippen molar-refractivity contribution in [1.82, 2.24) is 4.31 Å². The van der Waals surface area contributed by atoms with Gasteiger partial charge in [0.1, 0.15) is 11.8 Å². The highest BCUT2D eigenvalue weighted by atomic mass is 32.2. The second-order valence-electron chi connectivity index (χ2n) is 12.1. The van der Waals surface area contributed by atoms with Crippen LogP contribution in [-0.4, -0.2) is 55.7 Å². The van der Waals surface area contributed by atoms with Gasteiger partial charge in [-0.15, -0.1) is 0 Å². The first-order valence-corrected chi connectivity index (χ1v) is 18.0. The topological polar surface area (TPSA) is 145 Å². The standard InChI is InChI=1S/C40H39N3O8S/c1-29-12-10-13-31(26-29)28-42(52(48,49)38-19-9-8-18-37(38)43(46)47)24-11-25-51-33-22-20-30(21-23-33)27-36(40(45)50-2)41-35-17-7-6-16-34(35)39(44)32-14-4-3-5-15-32/h3-10,12-23,26,36,41H,11,24-25,27-28H2,1-2H3. The highest BCUT2D eigenvalue weighted by molar-refractivity contribution is 7.89. The molecular formula is C40H39N3O8S. The van der Waals surface area contributed by atoms with Gasteiger partial charge in [-0.25, -0.2) is 13.2 Å². The van der Waals surface area contributed by atoms with E-state index in [1.54, 1.807) is 60.7 Å². The maximum atomic E-state index is 13.8. The zero-order valence-corrected chi connectivity index (χ0v) is 29.6. The fourth-order valence-corrected chi connectivity index (χ4v) is 7.35. The maximum absolute atomic E-state index is 13.8. The van der Waals surface area contributed by atoms with Crippen LogP contribution in [-0.2, 0) is 32.5 Å². The molecule has 268 valence electrons. The third-order valence-corrected chi connectivity index (χ3v) is 10.2. The van der Waals surface area contributed by atoms with Crippen LogP contribution in [0.25, 0.3) is 0 Å². The van der Waals surface area contributed by atoms with Gasteiger partial charge in [0.2, 0.25) is 10.0 Å². The minimum Gasteiger partial charge on any atom is -0.494 e. The Kier molecular flexibility index (Phi) is 12.5. The Morgan fingerprint density at radius 2 is 1.54 bits per heavy atom. The molecule has 0 radical (unpaired) electrons. The van der Waals surface area contributed by atoms with E-state index in [0.717, 1.165) is 16.7 Å². The lowest BCUT2D eigenvalue weighted by atomic mass is 10.00. The van der Waals surface area contributed by atoms with E-state index in [4.69, 9.17) is 9.47 Å². The molecule has 0 aromatic heterocycles. The van der Waals surface area contributed by atoms with Gasteiger partial charge in [0.25, 0.3) is 5.69 Å². The Morgan fingerprint density at radius 1 is 0.846 bits per heavy atom. The predicted molar refractivity (Wildman–Crippen MR) is 198 cm³/mol. The molecule has 0 spiro atoms. The summed E-state index contributed by atoms with van der Waals surface area (Å²) < 4.78 is 39.8. The number of nitro groups is 1. The average molecular weight is 722 g/mol. The Balaban J connectivity index is 1.24. The normalized spacial score (nSPS) is 11.8. The van der Waals surface area contributed by atoms with Crippen molar-refractivity contribution >= 4 is 33.2 Å². The van der Waals surface area contributed by atoms with Gasteiger partial charge in [-0.05, 0) is 54.8 Å². The summed E-state index contributed by atoms with van der Waals surface area (Å²) in [6.07, 6.45) is 0.571. The van der Waals surface area contributed by atoms with Crippen molar-refractivity contribution in [2.75, 3.05) is 25.6 Å². The number of nitrogens with zero attached hydrogens (tertiary/aromatic N) is 2. The summed E-state index contributed by atoms with van der Waals surface area (Å²) in [6.45, 7) is 2.17. The molecule has 0 aliphatic heterocycles. The van der Waals surface area contributed by atoms with Crippen LogP contribution in [0.1, 0.15) is 39.0 Å². The molecule has 1 atom stereocenters. The lowest BCUT2D eigenvalue weighted by molar-refractivity contribution is -0.387. The van der Waals surface area contributed by atoms with E-state index in [1.807, 2.05) is 49.4 Å². The number of anilines is 1. The van der Waals surface area contributed by atoms with Crippen molar-refractivity contribution in [3.8, 4) is 5.75 Å². The van der Waals surface area contributed by atoms with Gasteiger partial charge in [-0.3, -0.25) is 14.9 Å². The first-order valence-electron chi connectivity index (χ1n) is 16.6. The summed E-state index contributed by atoms with van der Waals surface area (Å²) in [6, 6.07) is 35.0. The third-order valence-electron chi connectivity index (χ3n) is 8.33. The van der Waals surface area contributed by atoms with Crippen LogP contribution in [0.2, 0.25) is 0 Å². The number of rotatable bonds is 17. The summed E-state index contributed by atoms with van der Waals surface area (Å²) in [7, 11) is -2.92. The molecule has 0 amide bonds. The lowest BCUT2D eigenvalue weighted by Crippen LogP contribution is -2.33. The number of nitrogens with one attached hydrogen (secondary N) is 1. The highest BCUT2D eigenvalue weighted by Crippen LogP contribution is 2.28. The molecule has 0 aliphatic rings. The maximum Gasteiger partial charge on any atom is 0.328 e. The number of sulfonamides is 1. The van der Waals surface area contributed by atoms with Crippen LogP contribution in [0.5, 0.6) is 5.75 Å². The van der Waals surface area contributed by atoms with Gasteiger partial charge in [-0.1, -0.05) is 96.6 Å². The van der Waals surface area contributed by atoms with E-state index in [0.29, 0.717) is 29.0 Å². The molecule has 0 bridgehead atoms. The largest absolute Gasteiger partial charge is 0.494 e. The van der Waals surface area contributed by atoms with Crippen molar-refractivity contribution in [2.45, 2.75) is 37.2 Å². The fraction of sp³-hybridized carbons (Fsp3) is 0.200. The molecule has 0 aliphatic carbocycles. The number of hydrogen-bond acceptors (Lipinski definition) is 9. The van der Waals surface area contributed by atoms with Crippen LogP contribution < -0.4 is 10.1 Å². The van der Waals surface area contributed by atoms with Gasteiger partial charge in [-0.2, -0.15) is 4.31 Å². The molecule has 0 heterocycles. The number of aryl methyl sites for hydroxylation is 1. The van der Waals surface area contributed by atoms with E-state index in [2.05, 4.69) is 5.32 Å². The molecule has 5 rings (SSSR count). The monoisotopic (exact) mass is 721 g/mol. The van der Waals surface area contributed by atoms with Gasteiger partial charge < -0.3 is 14.8 Å². The van der Waals surface area contributed by atoms with Crippen LogP contribution in [0.15, 0.2) is 132 Å². The van der Waals surface area contributed by atoms with Gasteiger partial charge in [0.05, 0.1) is 18.6 Å². The van der Waals surface area contributed by atoms with Crippen molar-refractivity contribution in [2.24, 2.45) is 0 Å². The molecule has 0 fully saturated rings. The molecule has 5 aromatic carbocycles.